The molecule has 1 aliphatic carbocycles. The number of aryl methyl sites for hydroxylation is 1. The Morgan fingerprint density at radius 3 is 2.33 bits per heavy atom. The third-order valence-corrected chi connectivity index (χ3v) is 5.29. The Morgan fingerprint density at radius 1 is 1.19 bits per heavy atom. The Kier molecular flexibility index (Phi) is 5.77. The Labute approximate surface area is 128 Å². The van der Waals surface area contributed by atoms with Crippen molar-refractivity contribution in [1.82, 2.24) is 5.43 Å². The van der Waals surface area contributed by atoms with Gasteiger partial charge in [-0.3, -0.25) is 11.3 Å². The van der Waals surface area contributed by atoms with Gasteiger partial charge in [-0.2, -0.15) is 0 Å². The molecule has 0 spiro atoms. The van der Waals surface area contributed by atoms with Crippen LogP contribution in [0.2, 0.25) is 0 Å². The predicted molar refractivity (Wildman–Crippen MR) is 86.2 cm³/mol. The van der Waals surface area contributed by atoms with E-state index in [2.05, 4.69) is 19.3 Å². The summed E-state index contributed by atoms with van der Waals surface area (Å²) in [7, 11) is 0. The highest BCUT2D eigenvalue weighted by Gasteiger charge is 2.28. The Morgan fingerprint density at radius 2 is 1.81 bits per heavy atom. The summed E-state index contributed by atoms with van der Waals surface area (Å²) in [5, 5.41) is 0. The van der Waals surface area contributed by atoms with Gasteiger partial charge in [0.05, 0.1) is 0 Å². The van der Waals surface area contributed by atoms with Crippen LogP contribution in [0.5, 0.6) is 0 Å². The molecule has 0 bridgehead atoms. The first-order valence-electron chi connectivity index (χ1n) is 8.22. The van der Waals surface area contributed by atoms with Gasteiger partial charge in [0.2, 0.25) is 0 Å². The van der Waals surface area contributed by atoms with Crippen LogP contribution in [0.15, 0.2) is 18.2 Å². The fourth-order valence-electron chi connectivity index (χ4n) is 3.70. The molecule has 1 aromatic carbocycles. The van der Waals surface area contributed by atoms with E-state index in [4.69, 9.17) is 5.84 Å². The molecular formula is C18H29FN2. The van der Waals surface area contributed by atoms with Gasteiger partial charge in [-0.25, -0.2) is 4.39 Å². The SMILES string of the molecule is Cc1cc(F)ccc1CC(NN)C1CCC(C(C)C)CC1. The van der Waals surface area contributed by atoms with Gasteiger partial charge in [0.15, 0.2) is 0 Å². The van der Waals surface area contributed by atoms with Crippen LogP contribution in [0.1, 0.15) is 50.7 Å². The maximum atomic E-state index is 13.2. The van der Waals surface area contributed by atoms with Gasteiger partial charge >= 0.3 is 0 Å². The minimum atomic E-state index is -0.161. The second-order valence-corrected chi connectivity index (χ2v) is 6.97. The van der Waals surface area contributed by atoms with E-state index in [-0.39, 0.29) is 5.82 Å². The number of halogens is 1. The molecule has 2 nitrogen and oxygen atoms in total. The number of rotatable bonds is 5. The van der Waals surface area contributed by atoms with Crippen molar-refractivity contribution in [3.8, 4) is 0 Å². The first kappa shape index (κ1) is 16.4. The van der Waals surface area contributed by atoms with E-state index in [0.717, 1.165) is 23.8 Å². The summed E-state index contributed by atoms with van der Waals surface area (Å²) in [5.74, 6) is 7.93. The molecule has 1 atom stereocenters. The largest absolute Gasteiger partial charge is 0.271 e. The van der Waals surface area contributed by atoms with Crippen LogP contribution in [-0.4, -0.2) is 6.04 Å². The molecule has 118 valence electrons. The Hall–Kier alpha value is -0.930. The van der Waals surface area contributed by atoms with Crippen LogP contribution < -0.4 is 11.3 Å². The molecule has 0 amide bonds. The van der Waals surface area contributed by atoms with Gasteiger partial charge in [0.1, 0.15) is 5.82 Å². The zero-order valence-corrected chi connectivity index (χ0v) is 13.5. The summed E-state index contributed by atoms with van der Waals surface area (Å²) < 4.78 is 13.2. The number of nitrogens with one attached hydrogen (secondary N) is 1. The van der Waals surface area contributed by atoms with Gasteiger partial charge in [-0.15, -0.1) is 0 Å². The van der Waals surface area contributed by atoms with Crippen molar-refractivity contribution in [2.45, 2.75) is 58.9 Å². The molecule has 0 aromatic heterocycles. The summed E-state index contributed by atoms with van der Waals surface area (Å²) >= 11 is 0. The topological polar surface area (TPSA) is 38.0 Å². The lowest BCUT2D eigenvalue weighted by molar-refractivity contribution is 0.188. The van der Waals surface area contributed by atoms with Gasteiger partial charge in [-0.05, 0) is 80.0 Å². The lowest BCUT2D eigenvalue weighted by Gasteiger charge is -2.35. The quantitative estimate of drug-likeness (QED) is 0.636. The van der Waals surface area contributed by atoms with Gasteiger partial charge in [0.25, 0.3) is 0 Å². The van der Waals surface area contributed by atoms with E-state index in [1.807, 2.05) is 13.0 Å². The highest BCUT2D eigenvalue weighted by Crippen LogP contribution is 2.35. The maximum absolute atomic E-state index is 13.2. The summed E-state index contributed by atoms with van der Waals surface area (Å²) in [5.41, 5.74) is 5.23. The van der Waals surface area contributed by atoms with Gasteiger partial charge in [0, 0.05) is 6.04 Å². The normalized spacial score (nSPS) is 24.3. The van der Waals surface area contributed by atoms with E-state index in [1.54, 1.807) is 12.1 Å². The van der Waals surface area contributed by atoms with Crippen molar-refractivity contribution in [2.24, 2.45) is 23.6 Å². The molecule has 1 saturated carbocycles. The monoisotopic (exact) mass is 292 g/mol. The van der Waals surface area contributed by atoms with Crippen LogP contribution in [-0.2, 0) is 6.42 Å². The van der Waals surface area contributed by atoms with Crippen molar-refractivity contribution in [1.29, 1.82) is 0 Å². The Bertz CT molecular complexity index is 451. The zero-order chi connectivity index (χ0) is 15.4. The van der Waals surface area contributed by atoms with Gasteiger partial charge < -0.3 is 0 Å². The number of hydrogen-bond donors (Lipinski definition) is 2. The predicted octanol–water partition coefficient (Wildman–Crippen LogP) is 3.97. The second kappa shape index (κ2) is 7.37. The molecule has 0 aliphatic heterocycles. The highest BCUT2D eigenvalue weighted by molar-refractivity contribution is 5.27. The molecule has 0 saturated heterocycles. The molecular weight excluding hydrogens is 263 g/mol. The Balaban J connectivity index is 1.97. The van der Waals surface area contributed by atoms with Crippen LogP contribution in [0, 0.1) is 30.5 Å². The summed E-state index contributed by atoms with van der Waals surface area (Å²) in [6.07, 6.45) is 6.00. The fraction of sp³-hybridized carbons (Fsp3) is 0.667. The zero-order valence-electron chi connectivity index (χ0n) is 13.5. The molecule has 1 unspecified atom stereocenters. The lowest BCUT2D eigenvalue weighted by atomic mass is 9.73. The van der Waals surface area contributed by atoms with Crippen LogP contribution >= 0.6 is 0 Å². The minimum absolute atomic E-state index is 0.161. The molecule has 1 aromatic rings. The number of nitrogens with two attached hydrogens (primary N) is 1. The third kappa shape index (κ3) is 4.27. The van der Waals surface area contributed by atoms with Gasteiger partial charge in [-0.1, -0.05) is 19.9 Å². The van der Waals surface area contributed by atoms with E-state index in [0.29, 0.717) is 12.0 Å². The van der Waals surface area contributed by atoms with E-state index >= 15 is 0 Å². The van der Waals surface area contributed by atoms with Crippen LogP contribution in [0.25, 0.3) is 0 Å². The van der Waals surface area contributed by atoms with Crippen LogP contribution in [0.4, 0.5) is 4.39 Å². The van der Waals surface area contributed by atoms with Crippen molar-refractivity contribution >= 4 is 0 Å². The molecule has 1 aliphatic rings. The van der Waals surface area contributed by atoms with Crippen LogP contribution in [0.3, 0.4) is 0 Å². The number of benzene rings is 1. The van der Waals surface area contributed by atoms with E-state index in [1.165, 1.54) is 31.2 Å². The smallest absolute Gasteiger partial charge is 0.123 e. The van der Waals surface area contributed by atoms with Crippen molar-refractivity contribution in [3.05, 3.63) is 35.1 Å². The summed E-state index contributed by atoms with van der Waals surface area (Å²) in [6, 6.07) is 5.35. The third-order valence-electron chi connectivity index (χ3n) is 5.29. The molecule has 21 heavy (non-hydrogen) atoms. The fourth-order valence-corrected chi connectivity index (χ4v) is 3.70. The maximum Gasteiger partial charge on any atom is 0.123 e. The van der Waals surface area contributed by atoms with E-state index in [9.17, 15) is 4.39 Å². The molecule has 3 heteroatoms. The molecule has 0 radical (unpaired) electrons. The minimum Gasteiger partial charge on any atom is -0.271 e. The standard InChI is InChI=1S/C18H29FN2/c1-12(2)14-4-6-15(7-5-14)18(21-20)11-16-8-9-17(19)10-13(16)3/h8-10,12,14-15,18,21H,4-7,11,20H2,1-3H3. The van der Waals surface area contributed by atoms with Crippen molar-refractivity contribution < 1.29 is 4.39 Å². The molecule has 0 heterocycles. The second-order valence-electron chi connectivity index (χ2n) is 6.97. The first-order valence-corrected chi connectivity index (χ1v) is 8.22. The summed E-state index contributed by atoms with van der Waals surface area (Å²) in [6.45, 7) is 6.62. The highest BCUT2D eigenvalue weighted by atomic mass is 19.1. The van der Waals surface area contributed by atoms with Crippen molar-refractivity contribution in [3.63, 3.8) is 0 Å². The average Bonchev–Trinajstić information content (AvgIpc) is 2.47. The number of hydrazine groups is 1. The van der Waals surface area contributed by atoms with Crippen molar-refractivity contribution in [2.75, 3.05) is 0 Å². The number of hydrogen-bond acceptors (Lipinski definition) is 2. The lowest BCUT2D eigenvalue weighted by Crippen LogP contribution is -2.44. The summed E-state index contributed by atoms with van der Waals surface area (Å²) in [4.78, 5) is 0. The first-order chi connectivity index (χ1) is 10.0. The van der Waals surface area contributed by atoms with E-state index < -0.39 is 0 Å². The molecule has 3 N–H and O–H groups in total. The average molecular weight is 292 g/mol. The molecule has 1 fully saturated rings. The molecule has 2 rings (SSSR count).